The number of carbonyl (C=O) groups excluding carboxylic acids is 4. The number of aromatic nitrogens is 1. The Morgan fingerprint density at radius 3 is 2.55 bits per heavy atom. The zero-order valence-corrected chi connectivity index (χ0v) is 22.8. The van der Waals surface area contributed by atoms with Crippen LogP contribution in [-0.4, -0.2) is 35.0 Å². The van der Waals surface area contributed by atoms with Gasteiger partial charge in [-0.05, 0) is 94.0 Å². The molecule has 0 radical (unpaired) electrons. The van der Waals surface area contributed by atoms with Gasteiger partial charge in [-0.2, -0.15) is 0 Å². The number of hydrogen-bond donors (Lipinski definition) is 1. The van der Waals surface area contributed by atoms with Crippen molar-refractivity contribution in [1.29, 1.82) is 0 Å². The van der Waals surface area contributed by atoms with Gasteiger partial charge >= 0.3 is 12.0 Å². The number of hydrogen-bond acceptors (Lipinski definition) is 6. The number of rotatable bonds is 5. The van der Waals surface area contributed by atoms with E-state index in [1.165, 1.54) is 23.1 Å². The minimum Gasteiger partial charge on any atom is -0.462 e. The van der Waals surface area contributed by atoms with Crippen molar-refractivity contribution in [3.63, 3.8) is 0 Å². The third kappa shape index (κ3) is 4.46. The average Bonchev–Trinajstić information content (AvgIpc) is 3.38. The molecule has 5 rings (SSSR count). The molecule has 1 aliphatic heterocycles. The first kappa shape index (κ1) is 25.9. The number of benzene rings is 1. The second-order valence-corrected chi connectivity index (χ2v) is 10.7. The standard InChI is InChI=1S/C28H26ClN3O5S/c1-4-37-27(35)23-20-7-5-6-8-22(20)38-26(23)31-15(2)13-17(16(31)3)14-21-24(33)30-28(36)32(25(21)34)19-11-9-18(29)10-12-19/h9-14H,4-8H2,1-3H3,(H,30,33,36)/b21-14+. The number of halogens is 1. The number of imide groups is 2. The highest BCUT2D eigenvalue weighted by atomic mass is 35.5. The van der Waals surface area contributed by atoms with Crippen LogP contribution in [0, 0.1) is 13.8 Å². The Balaban J connectivity index is 1.58. The lowest BCUT2D eigenvalue weighted by Gasteiger charge is -2.26. The van der Waals surface area contributed by atoms with Crippen LogP contribution in [0.1, 0.15) is 57.5 Å². The van der Waals surface area contributed by atoms with Gasteiger partial charge in [-0.1, -0.05) is 11.6 Å². The van der Waals surface area contributed by atoms with Crippen LogP contribution in [-0.2, 0) is 27.2 Å². The van der Waals surface area contributed by atoms with Gasteiger partial charge in [0.1, 0.15) is 10.6 Å². The summed E-state index contributed by atoms with van der Waals surface area (Å²) in [7, 11) is 0. The maximum Gasteiger partial charge on any atom is 0.341 e. The molecule has 10 heteroatoms. The molecule has 1 N–H and O–H groups in total. The molecule has 0 saturated carbocycles. The molecule has 3 heterocycles. The predicted molar refractivity (Wildman–Crippen MR) is 146 cm³/mol. The van der Waals surface area contributed by atoms with Crippen LogP contribution in [0.5, 0.6) is 0 Å². The molecular formula is C28H26ClN3O5S. The number of carbonyl (C=O) groups is 4. The van der Waals surface area contributed by atoms with Crippen LogP contribution >= 0.6 is 22.9 Å². The highest BCUT2D eigenvalue weighted by Gasteiger charge is 2.37. The van der Waals surface area contributed by atoms with E-state index < -0.39 is 17.8 Å². The zero-order chi connectivity index (χ0) is 27.1. The summed E-state index contributed by atoms with van der Waals surface area (Å²) in [6.45, 7) is 5.86. The molecule has 0 bridgehead atoms. The molecule has 1 fully saturated rings. The number of nitrogens with one attached hydrogen (secondary N) is 1. The Morgan fingerprint density at radius 2 is 1.84 bits per heavy atom. The third-order valence-electron chi connectivity index (χ3n) is 6.79. The van der Waals surface area contributed by atoms with Crippen molar-refractivity contribution in [3.8, 4) is 5.00 Å². The predicted octanol–water partition coefficient (Wildman–Crippen LogP) is 5.53. The van der Waals surface area contributed by atoms with Gasteiger partial charge in [0.05, 0.1) is 17.9 Å². The topological polar surface area (TPSA) is 97.7 Å². The summed E-state index contributed by atoms with van der Waals surface area (Å²) >= 11 is 7.54. The Bertz CT molecular complexity index is 1520. The molecule has 0 spiro atoms. The van der Waals surface area contributed by atoms with Crippen molar-refractivity contribution in [3.05, 3.63) is 73.9 Å². The van der Waals surface area contributed by atoms with E-state index in [9.17, 15) is 19.2 Å². The number of ether oxygens (including phenoxy) is 1. The lowest BCUT2D eigenvalue weighted by Crippen LogP contribution is -2.54. The Hall–Kier alpha value is -3.69. The van der Waals surface area contributed by atoms with Crippen LogP contribution in [0.25, 0.3) is 11.1 Å². The van der Waals surface area contributed by atoms with Crippen LogP contribution in [0.3, 0.4) is 0 Å². The van der Waals surface area contributed by atoms with E-state index in [4.69, 9.17) is 16.3 Å². The molecule has 1 aromatic carbocycles. The highest BCUT2D eigenvalue weighted by molar-refractivity contribution is 7.15. The fourth-order valence-corrected chi connectivity index (χ4v) is 6.62. The van der Waals surface area contributed by atoms with Crippen molar-refractivity contribution < 1.29 is 23.9 Å². The molecule has 1 saturated heterocycles. The molecule has 4 amide bonds. The van der Waals surface area contributed by atoms with Crippen molar-refractivity contribution in [1.82, 2.24) is 9.88 Å². The van der Waals surface area contributed by atoms with E-state index in [1.807, 2.05) is 24.5 Å². The van der Waals surface area contributed by atoms with Gasteiger partial charge in [-0.25, -0.2) is 14.5 Å². The smallest absolute Gasteiger partial charge is 0.341 e. The molecule has 1 aliphatic carbocycles. The second kappa shape index (κ2) is 10.2. The van der Waals surface area contributed by atoms with Crippen LogP contribution in [0.4, 0.5) is 10.5 Å². The minimum atomic E-state index is -0.826. The number of nitrogens with zero attached hydrogens (tertiary/aromatic N) is 2. The molecule has 3 aromatic rings. The van der Waals surface area contributed by atoms with E-state index in [1.54, 1.807) is 30.4 Å². The summed E-state index contributed by atoms with van der Waals surface area (Å²) in [4.78, 5) is 53.7. The summed E-state index contributed by atoms with van der Waals surface area (Å²) in [5, 5.41) is 3.49. The summed E-state index contributed by atoms with van der Waals surface area (Å²) < 4.78 is 7.40. The summed E-state index contributed by atoms with van der Waals surface area (Å²) in [5.41, 5.74) is 4.01. The van der Waals surface area contributed by atoms with Crippen molar-refractivity contribution in [2.45, 2.75) is 46.5 Å². The van der Waals surface area contributed by atoms with Crippen LogP contribution < -0.4 is 10.2 Å². The number of urea groups is 1. The lowest BCUT2D eigenvalue weighted by atomic mass is 9.95. The van der Waals surface area contributed by atoms with Gasteiger partial charge in [0.15, 0.2) is 0 Å². The van der Waals surface area contributed by atoms with Gasteiger partial charge < -0.3 is 9.30 Å². The maximum absolute atomic E-state index is 13.3. The summed E-state index contributed by atoms with van der Waals surface area (Å²) in [6, 6.07) is 7.23. The van der Waals surface area contributed by atoms with Gasteiger partial charge in [-0.15, -0.1) is 11.3 Å². The van der Waals surface area contributed by atoms with Crippen molar-refractivity contribution in [2.75, 3.05) is 11.5 Å². The number of aryl methyl sites for hydroxylation is 2. The van der Waals surface area contributed by atoms with E-state index in [0.717, 1.165) is 52.5 Å². The van der Waals surface area contributed by atoms with Crippen LogP contribution in [0.2, 0.25) is 5.02 Å². The second-order valence-electron chi connectivity index (χ2n) is 9.21. The molecule has 2 aliphatic rings. The Morgan fingerprint density at radius 1 is 1.13 bits per heavy atom. The Kier molecular flexibility index (Phi) is 6.98. The first-order valence-corrected chi connectivity index (χ1v) is 13.6. The van der Waals surface area contributed by atoms with Crippen molar-refractivity contribution in [2.24, 2.45) is 0 Å². The number of barbiturate groups is 1. The van der Waals surface area contributed by atoms with Gasteiger partial charge in [0.25, 0.3) is 11.8 Å². The molecule has 196 valence electrons. The number of anilines is 1. The van der Waals surface area contributed by atoms with E-state index >= 15 is 0 Å². The normalized spacial score (nSPS) is 16.6. The Labute approximate surface area is 228 Å². The number of thiophene rings is 1. The monoisotopic (exact) mass is 551 g/mol. The van der Waals surface area contributed by atoms with E-state index in [-0.39, 0.29) is 18.1 Å². The maximum atomic E-state index is 13.3. The number of fused-ring (bicyclic) bond motifs is 1. The largest absolute Gasteiger partial charge is 0.462 e. The van der Waals surface area contributed by atoms with Gasteiger partial charge in [-0.3, -0.25) is 14.9 Å². The average molecular weight is 552 g/mol. The zero-order valence-electron chi connectivity index (χ0n) is 21.2. The fraction of sp³-hybridized carbons (Fsp3) is 0.286. The molecule has 38 heavy (non-hydrogen) atoms. The van der Waals surface area contributed by atoms with Crippen molar-refractivity contribution >= 4 is 58.5 Å². The fourth-order valence-electron chi connectivity index (χ4n) is 5.01. The molecule has 2 aromatic heterocycles. The summed E-state index contributed by atoms with van der Waals surface area (Å²) in [6.07, 6.45) is 5.35. The van der Waals surface area contributed by atoms with Gasteiger partial charge in [0, 0.05) is 21.3 Å². The van der Waals surface area contributed by atoms with E-state index in [2.05, 4.69) is 5.32 Å². The lowest BCUT2D eigenvalue weighted by molar-refractivity contribution is -0.122. The first-order valence-electron chi connectivity index (χ1n) is 12.4. The highest BCUT2D eigenvalue weighted by Crippen LogP contribution is 2.39. The first-order chi connectivity index (χ1) is 18.2. The number of esters is 1. The van der Waals surface area contributed by atoms with Gasteiger partial charge in [0.2, 0.25) is 0 Å². The molecule has 0 atom stereocenters. The minimum absolute atomic E-state index is 0.170. The third-order valence-corrected chi connectivity index (χ3v) is 8.32. The van der Waals surface area contributed by atoms with Crippen LogP contribution in [0.15, 0.2) is 35.9 Å². The summed E-state index contributed by atoms with van der Waals surface area (Å²) in [5.74, 6) is -1.84. The SMILES string of the molecule is CCOC(=O)c1c(-n2c(C)cc(/C=C3\C(=O)NC(=O)N(c4ccc(Cl)cc4)C3=O)c2C)sc2c1CCCC2. The van der Waals surface area contributed by atoms with E-state index in [0.29, 0.717) is 21.8 Å². The molecule has 8 nitrogen and oxygen atoms in total. The number of amides is 4. The molecular weight excluding hydrogens is 526 g/mol. The quantitative estimate of drug-likeness (QED) is 0.255. The molecule has 0 unspecified atom stereocenters.